The first-order valence-corrected chi connectivity index (χ1v) is 8.25. The minimum Gasteiger partial charge on any atom is -0.486 e. The average molecular weight is 351 g/mol. The second kappa shape index (κ2) is 6.83. The van der Waals surface area contributed by atoms with Crippen LogP contribution in [-0.4, -0.2) is 39.7 Å². The molecule has 0 saturated heterocycles. The summed E-state index contributed by atoms with van der Waals surface area (Å²) in [5.74, 6) is 1.77. The second-order valence-electron chi connectivity index (χ2n) is 5.91. The molecule has 1 atom stereocenters. The Hall–Kier alpha value is -3.42. The van der Waals surface area contributed by atoms with Crippen LogP contribution in [0.15, 0.2) is 42.5 Å². The monoisotopic (exact) mass is 351 g/mol. The molecule has 8 nitrogen and oxygen atoms in total. The van der Waals surface area contributed by atoms with Crippen LogP contribution in [0.3, 0.4) is 0 Å². The third kappa shape index (κ3) is 3.21. The number of aromatic nitrogens is 4. The first-order chi connectivity index (χ1) is 12.7. The number of amides is 1. The van der Waals surface area contributed by atoms with E-state index >= 15 is 0 Å². The molecule has 0 fully saturated rings. The molecule has 4 rings (SSSR count). The average Bonchev–Trinajstić information content (AvgIpc) is 3.22. The van der Waals surface area contributed by atoms with Crippen molar-refractivity contribution >= 4 is 5.91 Å². The van der Waals surface area contributed by atoms with Gasteiger partial charge in [-0.3, -0.25) is 4.79 Å². The normalized spacial score (nSPS) is 13.9. The molecule has 0 bridgehead atoms. The van der Waals surface area contributed by atoms with Crippen molar-refractivity contribution in [1.82, 2.24) is 25.9 Å². The highest BCUT2D eigenvalue weighted by Gasteiger charge is 2.16. The van der Waals surface area contributed by atoms with Gasteiger partial charge in [-0.2, -0.15) is 5.21 Å². The molecule has 8 heteroatoms. The van der Waals surface area contributed by atoms with Crippen molar-refractivity contribution in [3.8, 4) is 22.9 Å². The van der Waals surface area contributed by atoms with Gasteiger partial charge in [-0.25, -0.2) is 0 Å². The van der Waals surface area contributed by atoms with Crippen LogP contribution in [0.1, 0.15) is 28.9 Å². The summed E-state index contributed by atoms with van der Waals surface area (Å²) in [6, 6.07) is 12.6. The van der Waals surface area contributed by atoms with Gasteiger partial charge in [0.2, 0.25) is 5.82 Å². The van der Waals surface area contributed by atoms with Crippen molar-refractivity contribution < 1.29 is 14.3 Å². The highest BCUT2D eigenvalue weighted by molar-refractivity contribution is 5.94. The molecular formula is C18H17N5O3. The molecule has 2 aromatic carbocycles. The van der Waals surface area contributed by atoms with Crippen molar-refractivity contribution in [2.45, 2.75) is 13.0 Å². The molecule has 2 N–H and O–H groups in total. The summed E-state index contributed by atoms with van der Waals surface area (Å²) >= 11 is 0. The molecule has 0 saturated carbocycles. The third-order valence-corrected chi connectivity index (χ3v) is 4.16. The predicted octanol–water partition coefficient (Wildman–Crippen LogP) is 2.13. The summed E-state index contributed by atoms with van der Waals surface area (Å²) in [6.07, 6.45) is 0. The van der Waals surface area contributed by atoms with Gasteiger partial charge in [0, 0.05) is 11.1 Å². The molecule has 26 heavy (non-hydrogen) atoms. The van der Waals surface area contributed by atoms with E-state index in [9.17, 15) is 4.79 Å². The maximum Gasteiger partial charge on any atom is 0.251 e. The van der Waals surface area contributed by atoms with Crippen LogP contribution in [0, 0.1) is 0 Å². The lowest BCUT2D eigenvalue weighted by molar-refractivity contribution is 0.0939. The number of nitrogens with one attached hydrogen (secondary N) is 2. The summed E-state index contributed by atoms with van der Waals surface area (Å²) < 4.78 is 11.1. The lowest BCUT2D eigenvalue weighted by atomic mass is 10.1. The van der Waals surface area contributed by atoms with Crippen molar-refractivity contribution in [2.75, 3.05) is 13.2 Å². The number of ether oxygens (including phenoxy) is 2. The van der Waals surface area contributed by atoms with Gasteiger partial charge in [0.15, 0.2) is 11.5 Å². The Balaban J connectivity index is 1.45. The Morgan fingerprint density at radius 3 is 2.62 bits per heavy atom. The molecule has 0 aliphatic carbocycles. The summed E-state index contributed by atoms with van der Waals surface area (Å²) in [6.45, 7) is 3.01. The first kappa shape index (κ1) is 16.1. The Bertz CT molecular complexity index is 909. The van der Waals surface area contributed by atoms with Crippen LogP contribution < -0.4 is 14.8 Å². The fourth-order valence-electron chi connectivity index (χ4n) is 2.75. The summed E-state index contributed by atoms with van der Waals surface area (Å²) in [4.78, 5) is 12.5. The molecule has 0 spiro atoms. The van der Waals surface area contributed by atoms with Crippen LogP contribution in [-0.2, 0) is 0 Å². The van der Waals surface area contributed by atoms with E-state index in [2.05, 4.69) is 25.9 Å². The van der Waals surface area contributed by atoms with E-state index in [-0.39, 0.29) is 11.9 Å². The summed E-state index contributed by atoms with van der Waals surface area (Å²) in [5.41, 5.74) is 2.29. The smallest absolute Gasteiger partial charge is 0.251 e. The zero-order valence-corrected chi connectivity index (χ0v) is 14.1. The lowest BCUT2D eigenvalue weighted by Gasteiger charge is -2.21. The molecule has 2 heterocycles. The first-order valence-electron chi connectivity index (χ1n) is 8.25. The summed E-state index contributed by atoms with van der Waals surface area (Å²) in [5, 5.41) is 16.7. The zero-order chi connectivity index (χ0) is 17.9. The Kier molecular flexibility index (Phi) is 4.22. The number of aromatic amines is 1. The van der Waals surface area contributed by atoms with Crippen LogP contribution in [0.5, 0.6) is 11.5 Å². The highest BCUT2D eigenvalue weighted by atomic mass is 16.6. The molecule has 1 amide bonds. The Morgan fingerprint density at radius 1 is 1.12 bits per heavy atom. The molecule has 0 unspecified atom stereocenters. The molecule has 0 radical (unpaired) electrons. The fraction of sp³-hybridized carbons (Fsp3) is 0.222. The maximum absolute atomic E-state index is 12.5. The Morgan fingerprint density at radius 2 is 1.88 bits per heavy atom. The molecule has 132 valence electrons. The van der Waals surface area contributed by atoms with Crippen LogP contribution in [0.4, 0.5) is 0 Å². The van der Waals surface area contributed by atoms with Gasteiger partial charge in [0.05, 0.1) is 6.04 Å². The van der Waals surface area contributed by atoms with Gasteiger partial charge in [0.1, 0.15) is 13.2 Å². The van der Waals surface area contributed by atoms with E-state index in [1.165, 1.54) is 0 Å². The third-order valence-electron chi connectivity index (χ3n) is 4.16. The van der Waals surface area contributed by atoms with E-state index in [0.29, 0.717) is 30.4 Å². The van der Waals surface area contributed by atoms with E-state index in [0.717, 1.165) is 16.9 Å². The molecule has 1 aliphatic heterocycles. The molecule has 3 aromatic rings. The van der Waals surface area contributed by atoms with Crippen molar-refractivity contribution in [2.24, 2.45) is 0 Å². The highest BCUT2D eigenvalue weighted by Crippen LogP contribution is 2.32. The number of carbonyl (C=O) groups is 1. The number of hydrogen-bond acceptors (Lipinski definition) is 6. The van der Waals surface area contributed by atoms with Gasteiger partial charge < -0.3 is 14.8 Å². The number of H-pyrrole nitrogens is 1. The van der Waals surface area contributed by atoms with Crippen LogP contribution in [0.25, 0.3) is 11.4 Å². The minimum atomic E-state index is -0.171. The Labute approximate surface area is 149 Å². The largest absolute Gasteiger partial charge is 0.486 e. The topological polar surface area (TPSA) is 102 Å². The standard InChI is InChI=1S/C18H17N5O3/c1-11(14-6-7-15-16(10-14)26-9-8-25-15)19-18(24)13-4-2-12(3-5-13)17-20-22-23-21-17/h2-7,10-11H,8-9H2,1H3,(H,19,24)(H,20,21,22,23)/t11-/m1/s1. The van der Waals surface area contributed by atoms with Crippen molar-refractivity contribution in [3.05, 3.63) is 53.6 Å². The summed E-state index contributed by atoms with van der Waals surface area (Å²) in [7, 11) is 0. The number of benzene rings is 2. The fourth-order valence-corrected chi connectivity index (χ4v) is 2.75. The van der Waals surface area contributed by atoms with Crippen LogP contribution >= 0.6 is 0 Å². The number of tetrazole rings is 1. The van der Waals surface area contributed by atoms with E-state index in [4.69, 9.17) is 9.47 Å². The molecule has 1 aliphatic rings. The predicted molar refractivity (Wildman–Crippen MR) is 92.9 cm³/mol. The molecule has 1 aromatic heterocycles. The van der Waals surface area contributed by atoms with Crippen molar-refractivity contribution in [3.63, 3.8) is 0 Å². The number of nitrogens with zero attached hydrogens (tertiary/aromatic N) is 3. The van der Waals surface area contributed by atoms with Crippen LogP contribution in [0.2, 0.25) is 0 Å². The number of rotatable bonds is 4. The van der Waals surface area contributed by atoms with E-state index in [1.807, 2.05) is 25.1 Å². The lowest BCUT2D eigenvalue weighted by Crippen LogP contribution is -2.26. The second-order valence-corrected chi connectivity index (χ2v) is 5.91. The van der Waals surface area contributed by atoms with Gasteiger partial charge in [-0.1, -0.05) is 18.2 Å². The SMILES string of the molecule is C[C@@H](NC(=O)c1ccc(-c2nn[nH]n2)cc1)c1ccc2c(c1)OCCO2. The van der Waals surface area contributed by atoms with Gasteiger partial charge in [-0.15, -0.1) is 10.2 Å². The number of carbonyl (C=O) groups excluding carboxylic acids is 1. The van der Waals surface area contributed by atoms with Gasteiger partial charge >= 0.3 is 0 Å². The quantitative estimate of drug-likeness (QED) is 0.746. The van der Waals surface area contributed by atoms with Gasteiger partial charge in [0.25, 0.3) is 5.91 Å². The molecular weight excluding hydrogens is 334 g/mol. The zero-order valence-electron chi connectivity index (χ0n) is 14.1. The van der Waals surface area contributed by atoms with E-state index < -0.39 is 0 Å². The van der Waals surface area contributed by atoms with Gasteiger partial charge in [-0.05, 0) is 42.0 Å². The van der Waals surface area contributed by atoms with Crippen molar-refractivity contribution in [1.29, 1.82) is 0 Å². The minimum absolute atomic E-state index is 0.160. The maximum atomic E-state index is 12.5. The van der Waals surface area contributed by atoms with E-state index in [1.54, 1.807) is 24.3 Å². The number of fused-ring (bicyclic) bond motifs is 1. The number of hydrogen-bond donors (Lipinski definition) is 2.